The van der Waals surface area contributed by atoms with Gasteiger partial charge in [0.25, 0.3) is 0 Å². The zero-order chi connectivity index (χ0) is 33.0. The molecule has 8 aromatic carbocycles. The first-order chi connectivity index (χ1) is 24.8. The molecule has 0 amide bonds. The molecule has 0 radical (unpaired) electrons. The molecule has 50 heavy (non-hydrogen) atoms. The first-order valence-corrected chi connectivity index (χ1v) is 18.0. The minimum atomic E-state index is 0.932. The van der Waals surface area contributed by atoms with Crippen LogP contribution in [-0.4, -0.2) is 0 Å². The highest BCUT2D eigenvalue weighted by Crippen LogP contribution is 2.50. The van der Waals surface area contributed by atoms with Crippen LogP contribution in [0.15, 0.2) is 182 Å². The van der Waals surface area contributed by atoms with Crippen molar-refractivity contribution in [3.63, 3.8) is 0 Å². The second-order valence-electron chi connectivity index (χ2n) is 12.9. The van der Waals surface area contributed by atoms with Crippen LogP contribution in [0.2, 0.25) is 0 Å². The molecule has 3 heteroatoms. The standard InChI is InChI=1S/C47H32N2S/c1-3-17-35(18-4-1)48(44-23-11-15-32-13-7-9-21-39(32)44)37-25-27-41-34(29-37)30-43-42-28-26-38(31-46(42)50-47(41)43)49(36-19-5-2-6-20-36)45-24-12-16-33-14-8-10-22-40(33)45/h1-29,31H,30H2. The molecule has 0 bridgehead atoms. The molecule has 1 aliphatic carbocycles. The Morgan fingerprint density at radius 3 is 1.54 bits per heavy atom. The molecule has 0 spiro atoms. The maximum atomic E-state index is 2.41. The maximum Gasteiger partial charge on any atom is 0.0540 e. The van der Waals surface area contributed by atoms with Crippen molar-refractivity contribution < 1.29 is 0 Å². The van der Waals surface area contributed by atoms with E-state index in [1.165, 1.54) is 75.9 Å². The van der Waals surface area contributed by atoms with Crippen molar-refractivity contribution >= 4 is 77.1 Å². The summed E-state index contributed by atoms with van der Waals surface area (Å²) in [6.07, 6.45) is 0.932. The third-order valence-electron chi connectivity index (χ3n) is 10.0. The molecule has 0 atom stereocenters. The minimum absolute atomic E-state index is 0.932. The molecule has 0 fully saturated rings. The number of benzene rings is 8. The van der Waals surface area contributed by atoms with Gasteiger partial charge in [0.05, 0.1) is 11.4 Å². The molecular weight excluding hydrogens is 625 g/mol. The van der Waals surface area contributed by atoms with E-state index in [0.717, 1.165) is 17.8 Å². The van der Waals surface area contributed by atoms with Gasteiger partial charge >= 0.3 is 0 Å². The van der Waals surface area contributed by atoms with Crippen LogP contribution >= 0.6 is 11.3 Å². The molecule has 0 N–H and O–H groups in total. The quantitative estimate of drug-likeness (QED) is 0.176. The van der Waals surface area contributed by atoms with E-state index in [4.69, 9.17) is 0 Å². The van der Waals surface area contributed by atoms with Gasteiger partial charge in [-0.05, 0) is 93.5 Å². The fourth-order valence-electron chi connectivity index (χ4n) is 7.76. The number of anilines is 6. The Morgan fingerprint density at radius 1 is 0.400 bits per heavy atom. The smallest absolute Gasteiger partial charge is 0.0540 e. The van der Waals surface area contributed by atoms with Crippen LogP contribution in [0, 0.1) is 0 Å². The number of para-hydroxylation sites is 2. The van der Waals surface area contributed by atoms with Crippen LogP contribution in [0.1, 0.15) is 11.1 Å². The molecule has 10 rings (SSSR count). The van der Waals surface area contributed by atoms with E-state index in [0.29, 0.717) is 0 Å². The summed E-state index contributed by atoms with van der Waals surface area (Å²) in [5.41, 5.74) is 11.2. The van der Waals surface area contributed by atoms with E-state index in [-0.39, 0.29) is 0 Å². The van der Waals surface area contributed by atoms with Gasteiger partial charge in [-0.3, -0.25) is 0 Å². The van der Waals surface area contributed by atoms with Gasteiger partial charge in [0.15, 0.2) is 0 Å². The summed E-state index contributed by atoms with van der Waals surface area (Å²) < 4.78 is 1.32. The molecule has 9 aromatic rings. The van der Waals surface area contributed by atoms with Crippen molar-refractivity contribution in [2.24, 2.45) is 0 Å². The highest BCUT2D eigenvalue weighted by atomic mass is 32.1. The second-order valence-corrected chi connectivity index (χ2v) is 14.0. The fourth-order valence-corrected chi connectivity index (χ4v) is 9.08. The van der Waals surface area contributed by atoms with Crippen LogP contribution in [0.3, 0.4) is 0 Å². The number of thiophene rings is 1. The monoisotopic (exact) mass is 656 g/mol. The van der Waals surface area contributed by atoms with E-state index < -0.39 is 0 Å². The number of rotatable bonds is 6. The van der Waals surface area contributed by atoms with Crippen LogP contribution in [0.5, 0.6) is 0 Å². The number of nitrogens with zero attached hydrogens (tertiary/aromatic N) is 2. The number of hydrogen-bond donors (Lipinski definition) is 0. The minimum Gasteiger partial charge on any atom is -0.310 e. The van der Waals surface area contributed by atoms with Crippen LogP contribution < -0.4 is 9.80 Å². The lowest BCUT2D eigenvalue weighted by Crippen LogP contribution is -2.10. The van der Waals surface area contributed by atoms with Crippen LogP contribution in [-0.2, 0) is 6.42 Å². The molecule has 2 nitrogen and oxygen atoms in total. The first-order valence-electron chi connectivity index (χ1n) is 17.1. The van der Waals surface area contributed by atoms with Crippen molar-refractivity contribution in [1.29, 1.82) is 0 Å². The van der Waals surface area contributed by atoms with Crippen molar-refractivity contribution in [2.45, 2.75) is 6.42 Å². The van der Waals surface area contributed by atoms with Crippen molar-refractivity contribution in [2.75, 3.05) is 9.80 Å². The third-order valence-corrected chi connectivity index (χ3v) is 11.3. The highest BCUT2D eigenvalue weighted by molar-refractivity contribution is 7.22. The SMILES string of the molecule is c1ccc(N(c2ccc3c(c2)Cc2c-3sc3cc(N(c4ccccc4)c4cccc5ccccc45)ccc23)c2cccc3ccccc23)cc1. The predicted molar refractivity (Wildman–Crippen MR) is 214 cm³/mol. The van der Waals surface area contributed by atoms with Gasteiger partial charge in [-0.25, -0.2) is 0 Å². The number of fused-ring (bicyclic) bond motifs is 7. The Bertz CT molecular complexity index is 2680. The molecule has 1 aliphatic rings. The van der Waals surface area contributed by atoms with Gasteiger partial charge < -0.3 is 9.80 Å². The molecule has 1 aromatic heterocycles. The van der Waals surface area contributed by atoms with Crippen molar-refractivity contribution in [3.05, 3.63) is 193 Å². The summed E-state index contributed by atoms with van der Waals surface area (Å²) in [5, 5.41) is 6.32. The van der Waals surface area contributed by atoms with Crippen LogP contribution in [0.4, 0.5) is 34.1 Å². The molecule has 0 saturated heterocycles. The van der Waals surface area contributed by atoms with E-state index in [1.54, 1.807) is 0 Å². The Balaban J connectivity index is 1.07. The first kappa shape index (κ1) is 28.8. The molecular formula is C47H32N2S. The lowest BCUT2D eigenvalue weighted by molar-refractivity contribution is 1.25. The summed E-state index contributed by atoms with van der Waals surface area (Å²) >= 11 is 1.92. The Morgan fingerprint density at radius 2 is 0.920 bits per heavy atom. The molecule has 0 saturated carbocycles. The highest BCUT2D eigenvalue weighted by Gasteiger charge is 2.26. The zero-order valence-electron chi connectivity index (χ0n) is 27.3. The fraction of sp³-hybridized carbons (Fsp3) is 0.0213. The zero-order valence-corrected chi connectivity index (χ0v) is 28.1. The van der Waals surface area contributed by atoms with Gasteiger partial charge in [-0.15, -0.1) is 11.3 Å². The normalized spacial score (nSPS) is 11.9. The Kier molecular flexibility index (Phi) is 6.78. The van der Waals surface area contributed by atoms with Gasteiger partial charge in [-0.1, -0.05) is 121 Å². The maximum absolute atomic E-state index is 2.41. The topological polar surface area (TPSA) is 6.48 Å². The van der Waals surface area contributed by atoms with E-state index >= 15 is 0 Å². The predicted octanol–water partition coefficient (Wildman–Crippen LogP) is 13.7. The van der Waals surface area contributed by atoms with Gasteiger partial charge in [-0.2, -0.15) is 0 Å². The summed E-state index contributed by atoms with van der Waals surface area (Å²) in [7, 11) is 0. The summed E-state index contributed by atoms with van der Waals surface area (Å²) in [6, 6.07) is 66.1. The van der Waals surface area contributed by atoms with E-state index in [9.17, 15) is 0 Å². The van der Waals surface area contributed by atoms with Gasteiger partial charge in [0, 0.05) is 49.5 Å². The molecule has 0 unspecified atom stereocenters. The van der Waals surface area contributed by atoms with E-state index in [1.807, 2.05) is 11.3 Å². The van der Waals surface area contributed by atoms with Crippen molar-refractivity contribution in [3.8, 4) is 10.4 Å². The lowest BCUT2D eigenvalue weighted by Gasteiger charge is -2.27. The second kappa shape index (κ2) is 11.8. The van der Waals surface area contributed by atoms with Crippen molar-refractivity contribution in [1.82, 2.24) is 0 Å². The average molecular weight is 657 g/mol. The molecule has 236 valence electrons. The lowest BCUT2D eigenvalue weighted by atomic mass is 10.0. The molecule has 0 aliphatic heterocycles. The van der Waals surface area contributed by atoms with Gasteiger partial charge in [0.1, 0.15) is 0 Å². The third kappa shape index (κ3) is 4.70. The average Bonchev–Trinajstić information content (AvgIpc) is 3.71. The Labute approximate surface area is 295 Å². The number of hydrogen-bond acceptors (Lipinski definition) is 3. The summed E-state index contributed by atoms with van der Waals surface area (Å²) in [6.45, 7) is 0. The van der Waals surface area contributed by atoms with Gasteiger partial charge in [0.2, 0.25) is 0 Å². The summed E-state index contributed by atoms with van der Waals surface area (Å²) in [5.74, 6) is 0. The molecule has 1 heterocycles. The van der Waals surface area contributed by atoms with E-state index in [2.05, 4.69) is 192 Å². The largest absolute Gasteiger partial charge is 0.310 e. The van der Waals surface area contributed by atoms with Crippen LogP contribution in [0.25, 0.3) is 42.1 Å². The Hall–Kier alpha value is -6.16. The summed E-state index contributed by atoms with van der Waals surface area (Å²) in [4.78, 5) is 6.20.